The fraction of sp³-hybridized carbons (Fsp3) is 0.769. The fourth-order valence-corrected chi connectivity index (χ4v) is 3.01. The summed E-state index contributed by atoms with van der Waals surface area (Å²) in [7, 11) is 0. The van der Waals surface area contributed by atoms with Crippen LogP contribution in [-0.4, -0.2) is 35.6 Å². The largest absolute Gasteiger partial charge is 0.315 e. The molecule has 0 saturated carbocycles. The van der Waals surface area contributed by atoms with E-state index in [9.17, 15) is 0 Å². The van der Waals surface area contributed by atoms with Gasteiger partial charge < -0.3 is 5.32 Å². The van der Waals surface area contributed by atoms with Gasteiger partial charge in [0.15, 0.2) is 0 Å². The molecule has 0 spiro atoms. The zero-order chi connectivity index (χ0) is 12.1. The maximum atomic E-state index is 4.15. The Morgan fingerprint density at radius 3 is 3.18 bits per heavy atom. The van der Waals surface area contributed by atoms with Gasteiger partial charge in [0, 0.05) is 30.2 Å². The van der Waals surface area contributed by atoms with Crippen LogP contribution in [0, 0.1) is 5.92 Å². The number of nitrogens with one attached hydrogen (secondary N) is 1. The molecule has 4 heteroatoms. The van der Waals surface area contributed by atoms with Crippen molar-refractivity contribution < 1.29 is 0 Å². The van der Waals surface area contributed by atoms with E-state index in [1.165, 1.54) is 24.3 Å². The summed E-state index contributed by atoms with van der Waals surface area (Å²) in [5.41, 5.74) is 1.93. The van der Waals surface area contributed by atoms with Crippen LogP contribution in [0.5, 0.6) is 0 Å². The average Bonchev–Trinajstić information content (AvgIpc) is 2.91. The first-order chi connectivity index (χ1) is 8.25. The standard InChI is InChI=1S/C13H23N3S/c1-11(2)6-14-7-12-4-3-5-16(12)9-13-8-15-10-17-13/h8,10-12,14H,3-7,9H2,1-2H3. The Kier molecular flexibility index (Phi) is 4.95. The molecular weight excluding hydrogens is 230 g/mol. The Bertz CT molecular complexity index is 310. The lowest BCUT2D eigenvalue weighted by molar-refractivity contribution is 0.239. The zero-order valence-electron chi connectivity index (χ0n) is 10.9. The quantitative estimate of drug-likeness (QED) is 0.843. The summed E-state index contributed by atoms with van der Waals surface area (Å²) >= 11 is 1.77. The Morgan fingerprint density at radius 2 is 2.47 bits per heavy atom. The predicted octanol–water partition coefficient (Wildman–Crippen LogP) is 2.35. The molecule has 1 unspecified atom stereocenters. The van der Waals surface area contributed by atoms with Gasteiger partial charge in [-0.05, 0) is 31.8 Å². The van der Waals surface area contributed by atoms with E-state index in [0.29, 0.717) is 0 Å². The number of likely N-dealkylation sites (tertiary alicyclic amines) is 1. The number of aromatic nitrogens is 1. The van der Waals surface area contributed by atoms with Crippen molar-refractivity contribution in [3.8, 4) is 0 Å². The molecule has 1 atom stereocenters. The number of hydrogen-bond acceptors (Lipinski definition) is 4. The first-order valence-corrected chi connectivity index (χ1v) is 7.46. The number of rotatable bonds is 6. The first kappa shape index (κ1) is 13.0. The second-order valence-electron chi connectivity index (χ2n) is 5.29. The SMILES string of the molecule is CC(C)CNCC1CCCN1Cc1cncs1. The number of thiazole rings is 1. The van der Waals surface area contributed by atoms with E-state index in [2.05, 4.69) is 29.0 Å². The Labute approximate surface area is 108 Å². The number of hydrogen-bond donors (Lipinski definition) is 1. The highest BCUT2D eigenvalue weighted by molar-refractivity contribution is 7.09. The summed E-state index contributed by atoms with van der Waals surface area (Å²) in [5.74, 6) is 0.742. The summed E-state index contributed by atoms with van der Waals surface area (Å²) < 4.78 is 0. The second-order valence-corrected chi connectivity index (χ2v) is 6.26. The Morgan fingerprint density at radius 1 is 1.59 bits per heavy atom. The van der Waals surface area contributed by atoms with Crippen molar-refractivity contribution in [2.75, 3.05) is 19.6 Å². The minimum absolute atomic E-state index is 0.718. The van der Waals surface area contributed by atoms with Crippen molar-refractivity contribution >= 4 is 11.3 Å². The molecule has 1 saturated heterocycles. The lowest BCUT2D eigenvalue weighted by atomic mass is 10.2. The molecule has 1 aliphatic rings. The van der Waals surface area contributed by atoms with E-state index in [4.69, 9.17) is 0 Å². The highest BCUT2D eigenvalue weighted by Gasteiger charge is 2.24. The van der Waals surface area contributed by atoms with Gasteiger partial charge in [-0.2, -0.15) is 0 Å². The lowest BCUT2D eigenvalue weighted by Gasteiger charge is -2.24. The van der Waals surface area contributed by atoms with E-state index < -0.39 is 0 Å². The fourth-order valence-electron chi connectivity index (χ4n) is 2.39. The van der Waals surface area contributed by atoms with Crippen LogP contribution in [0.25, 0.3) is 0 Å². The van der Waals surface area contributed by atoms with Gasteiger partial charge in [-0.1, -0.05) is 13.8 Å². The van der Waals surface area contributed by atoms with Crippen molar-refractivity contribution in [1.82, 2.24) is 15.2 Å². The van der Waals surface area contributed by atoms with E-state index in [1.54, 1.807) is 11.3 Å². The minimum Gasteiger partial charge on any atom is -0.315 e. The summed E-state index contributed by atoms with van der Waals surface area (Å²) in [6.07, 6.45) is 4.68. The van der Waals surface area contributed by atoms with Crippen LogP contribution in [0.2, 0.25) is 0 Å². The van der Waals surface area contributed by atoms with Gasteiger partial charge in [-0.3, -0.25) is 9.88 Å². The predicted molar refractivity (Wildman–Crippen MR) is 73.3 cm³/mol. The molecule has 1 aromatic rings. The van der Waals surface area contributed by atoms with E-state index >= 15 is 0 Å². The molecule has 1 fully saturated rings. The summed E-state index contributed by atoms with van der Waals surface area (Å²) in [4.78, 5) is 8.14. The van der Waals surface area contributed by atoms with Crippen LogP contribution in [0.4, 0.5) is 0 Å². The normalized spacial score (nSPS) is 21.5. The monoisotopic (exact) mass is 253 g/mol. The molecule has 1 aromatic heterocycles. The van der Waals surface area contributed by atoms with Crippen LogP contribution >= 0.6 is 11.3 Å². The van der Waals surface area contributed by atoms with Gasteiger partial charge in [0.25, 0.3) is 0 Å². The van der Waals surface area contributed by atoms with Crippen LogP contribution in [0.3, 0.4) is 0 Å². The highest BCUT2D eigenvalue weighted by atomic mass is 32.1. The van der Waals surface area contributed by atoms with E-state index in [1.807, 2.05) is 11.7 Å². The molecular formula is C13H23N3S. The molecule has 2 rings (SSSR count). The van der Waals surface area contributed by atoms with Crippen molar-refractivity contribution in [3.05, 3.63) is 16.6 Å². The lowest BCUT2D eigenvalue weighted by Crippen LogP contribution is -2.38. The molecule has 3 nitrogen and oxygen atoms in total. The molecule has 1 aliphatic heterocycles. The number of nitrogens with zero attached hydrogens (tertiary/aromatic N) is 2. The summed E-state index contributed by atoms with van der Waals surface area (Å²) in [5, 5.41) is 3.58. The van der Waals surface area contributed by atoms with E-state index in [-0.39, 0.29) is 0 Å². The van der Waals surface area contributed by atoms with Crippen molar-refractivity contribution in [1.29, 1.82) is 0 Å². The topological polar surface area (TPSA) is 28.2 Å². The summed E-state index contributed by atoms with van der Waals surface area (Å²) in [6, 6.07) is 0.718. The second kappa shape index (κ2) is 6.47. The minimum atomic E-state index is 0.718. The Hall–Kier alpha value is -0.450. The third-order valence-corrected chi connectivity index (χ3v) is 4.04. The Balaban J connectivity index is 1.76. The molecule has 0 radical (unpaired) electrons. The zero-order valence-corrected chi connectivity index (χ0v) is 11.7. The third kappa shape index (κ3) is 4.05. The molecule has 0 aliphatic carbocycles. The van der Waals surface area contributed by atoms with Gasteiger partial charge in [-0.15, -0.1) is 11.3 Å². The first-order valence-electron chi connectivity index (χ1n) is 6.58. The van der Waals surface area contributed by atoms with Crippen molar-refractivity contribution in [2.45, 2.75) is 39.3 Å². The van der Waals surface area contributed by atoms with Crippen LogP contribution in [0.15, 0.2) is 11.7 Å². The third-order valence-electron chi connectivity index (χ3n) is 3.27. The van der Waals surface area contributed by atoms with E-state index in [0.717, 1.165) is 31.6 Å². The molecule has 0 aromatic carbocycles. The molecule has 96 valence electrons. The van der Waals surface area contributed by atoms with Gasteiger partial charge in [0.05, 0.1) is 5.51 Å². The van der Waals surface area contributed by atoms with Gasteiger partial charge in [-0.25, -0.2) is 0 Å². The molecule has 1 N–H and O–H groups in total. The highest BCUT2D eigenvalue weighted by Crippen LogP contribution is 2.20. The van der Waals surface area contributed by atoms with Crippen LogP contribution in [-0.2, 0) is 6.54 Å². The van der Waals surface area contributed by atoms with Gasteiger partial charge >= 0.3 is 0 Å². The molecule has 2 heterocycles. The summed E-state index contributed by atoms with van der Waals surface area (Å²) in [6.45, 7) is 9.11. The smallest absolute Gasteiger partial charge is 0.0794 e. The van der Waals surface area contributed by atoms with Crippen LogP contribution in [0.1, 0.15) is 31.6 Å². The van der Waals surface area contributed by atoms with Crippen LogP contribution < -0.4 is 5.32 Å². The maximum Gasteiger partial charge on any atom is 0.0794 e. The van der Waals surface area contributed by atoms with Crippen molar-refractivity contribution in [3.63, 3.8) is 0 Å². The molecule has 17 heavy (non-hydrogen) atoms. The molecule has 0 amide bonds. The van der Waals surface area contributed by atoms with Gasteiger partial charge in [0.1, 0.15) is 0 Å². The maximum absolute atomic E-state index is 4.15. The average molecular weight is 253 g/mol. The molecule has 0 bridgehead atoms. The van der Waals surface area contributed by atoms with Crippen molar-refractivity contribution in [2.24, 2.45) is 5.92 Å². The van der Waals surface area contributed by atoms with Gasteiger partial charge in [0.2, 0.25) is 0 Å².